The van der Waals surface area contributed by atoms with Crippen LogP contribution in [0.2, 0.25) is 0 Å². The Hall–Kier alpha value is -4.88. The molecular weight excluding hydrogens is 448 g/mol. The number of furan rings is 1. The van der Waals surface area contributed by atoms with Gasteiger partial charge >= 0.3 is 0 Å². The van der Waals surface area contributed by atoms with Crippen LogP contribution in [0.5, 0.6) is 0 Å². The van der Waals surface area contributed by atoms with Gasteiger partial charge in [-0.25, -0.2) is 0 Å². The van der Waals surface area contributed by atoms with E-state index in [4.69, 9.17) is 4.42 Å². The topological polar surface area (TPSA) is 13.1 Å². The normalized spacial score (nSPS) is 11.8. The van der Waals surface area contributed by atoms with Crippen molar-refractivity contribution >= 4 is 54.3 Å². The molecule has 0 radical (unpaired) electrons. The second-order valence-electron chi connectivity index (χ2n) is 9.74. The van der Waals surface area contributed by atoms with Crippen molar-refractivity contribution in [3.63, 3.8) is 0 Å². The van der Waals surface area contributed by atoms with E-state index < -0.39 is 0 Å². The number of rotatable bonds is 2. The lowest BCUT2D eigenvalue weighted by molar-refractivity contribution is 0.669. The molecule has 0 spiro atoms. The first-order valence-electron chi connectivity index (χ1n) is 12.7. The Morgan fingerprint density at radius 2 is 0.676 bits per heavy atom. The summed E-state index contributed by atoms with van der Waals surface area (Å²) in [6.07, 6.45) is 0. The Balaban J connectivity index is 1.24. The Morgan fingerprint density at radius 1 is 0.270 bits per heavy atom. The predicted molar refractivity (Wildman–Crippen MR) is 157 cm³/mol. The zero-order valence-corrected chi connectivity index (χ0v) is 20.1. The molecule has 0 fully saturated rings. The fourth-order valence-electron chi connectivity index (χ4n) is 5.85. The van der Waals surface area contributed by atoms with E-state index in [9.17, 15) is 0 Å². The zero-order valence-electron chi connectivity index (χ0n) is 20.1. The van der Waals surface area contributed by atoms with Gasteiger partial charge < -0.3 is 4.42 Å². The molecule has 37 heavy (non-hydrogen) atoms. The van der Waals surface area contributed by atoms with E-state index in [-0.39, 0.29) is 0 Å². The smallest absolute Gasteiger partial charge is 0.135 e. The summed E-state index contributed by atoms with van der Waals surface area (Å²) in [5.41, 5.74) is 6.71. The largest absolute Gasteiger partial charge is 0.456 e. The second kappa shape index (κ2) is 7.81. The summed E-state index contributed by atoms with van der Waals surface area (Å²) in [7, 11) is 0. The van der Waals surface area contributed by atoms with Crippen molar-refractivity contribution in [1.82, 2.24) is 0 Å². The first-order valence-corrected chi connectivity index (χ1v) is 12.7. The van der Waals surface area contributed by atoms with E-state index in [0.29, 0.717) is 0 Å². The Morgan fingerprint density at radius 3 is 1.30 bits per heavy atom. The van der Waals surface area contributed by atoms with Crippen LogP contribution in [-0.4, -0.2) is 0 Å². The van der Waals surface area contributed by atoms with Crippen LogP contribution >= 0.6 is 0 Å². The molecule has 172 valence electrons. The molecule has 0 aliphatic rings. The summed E-state index contributed by atoms with van der Waals surface area (Å²) in [4.78, 5) is 0. The standard InChI is InChI=1S/C36H22O/c1-2-9-29-27(7-1)28-8-3-4-10-30(28)33-21-25(17-19-31(29)33)23-13-15-24(16-14-23)26-18-20-36-34(22-26)32-11-5-6-12-35(32)37-36/h1-22H. The molecule has 7 aromatic carbocycles. The maximum Gasteiger partial charge on any atom is 0.135 e. The molecule has 1 heterocycles. The minimum absolute atomic E-state index is 0.928. The van der Waals surface area contributed by atoms with Gasteiger partial charge in [-0.2, -0.15) is 0 Å². The van der Waals surface area contributed by atoms with Crippen molar-refractivity contribution < 1.29 is 4.42 Å². The molecule has 1 aromatic heterocycles. The highest BCUT2D eigenvalue weighted by atomic mass is 16.3. The summed E-state index contributed by atoms with van der Waals surface area (Å²) in [6.45, 7) is 0. The third kappa shape index (κ3) is 3.11. The quantitative estimate of drug-likeness (QED) is 0.229. The number of hydrogen-bond acceptors (Lipinski definition) is 1. The summed E-state index contributed by atoms with van der Waals surface area (Å²) < 4.78 is 6.01. The molecule has 0 unspecified atom stereocenters. The number of hydrogen-bond donors (Lipinski definition) is 0. The van der Waals surface area contributed by atoms with Gasteiger partial charge in [-0.1, -0.05) is 109 Å². The van der Waals surface area contributed by atoms with Gasteiger partial charge in [0.15, 0.2) is 0 Å². The van der Waals surface area contributed by atoms with Crippen LogP contribution in [0, 0.1) is 0 Å². The minimum atomic E-state index is 0.928. The van der Waals surface area contributed by atoms with E-state index in [1.165, 1.54) is 54.6 Å². The molecule has 8 aromatic rings. The molecule has 0 amide bonds. The highest BCUT2D eigenvalue weighted by Crippen LogP contribution is 2.38. The molecule has 0 bridgehead atoms. The van der Waals surface area contributed by atoms with Crippen molar-refractivity contribution in [2.75, 3.05) is 0 Å². The third-order valence-corrected chi connectivity index (χ3v) is 7.67. The molecule has 8 rings (SSSR count). The summed E-state index contributed by atoms with van der Waals surface area (Å²) in [5, 5.41) is 10.1. The highest BCUT2D eigenvalue weighted by molar-refractivity contribution is 6.25. The molecule has 0 saturated carbocycles. The molecule has 0 aliphatic carbocycles. The molecule has 0 atom stereocenters. The number of fused-ring (bicyclic) bond motifs is 9. The van der Waals surface area contributed by atoms with E-state index in [2.05, 4.69) is 121 Å². The predicted octanol–water partition coefficient (Wildman–Crippen LogP) is 10.4. The van der Waals surface area contributed by atoms with Gasteiger partial charge in [-0.05, 0) is 78.8 Å². The lowest BCUT2D eigenvalue weighted by Crippen LogP contribution is -1.85. The monoisotopic (exact) mass is 470 g/mol. The van der Waals surface area contributed by atoms with Gasteiger partial charge in [-0.3, -0.25) is 0 Å². The van der Waals surface area contributed by atoms with Crippen molar-refractivity contribution in [2.24, 2.45) is 0 Å². The van der Waals surface area contributed by atoms with E-state index in [1.54, 1.807) is 0 Å². The molecule has 1 heteroatoms. The van der Waals surface area contributed by atoms with Gasteiger partial charge in [0.25, 0.3) is 0 Å². The van der Waals surface area contributed by atoms with E-state index in [1.807, 2.05) is 12.1 Å². The molecule has 1 nitrogen and oxygen atoms in total. The fourth-order valence-corrected chi connectivity index (χ4v) is 5.85. The number of para-hydroxylation sites is 1. The zero-order chi connectivity index (χ0) is 24.3. The van der Waals surface area contributed by atoms with Crippen LogP contribution in [0.25, 0.3) is 76.5 Å². The SMILES string of the molecule is c1ccc2c(c1)oc1ccc(-c3ccc(-c4ccc5c6ccccc6c6ccccc6c5c4)cc3)cc12. The third-order valence-electron chi connectivity index (χ3n) is 7.67. The average Bonchev–Trinajstić information content (AvgIpc) is 3.35. The summed E-state index contributed by atoms with van der Waals surface area (Å²) in [5.74, 6) is 0. The molecular formula is C36H22O. The Labute approximate surface area is 214 Å². The van der Waals surface area contributed by atoms with Crippen LogP contribution in [0.15, 0.2) is 138 Å². The molecule has 0 N–H and O–H groups in total. The Kier molecular flexibility index (Phi) is 4.29. The van der Waals surface area contributed by atoms with Gasteiger partial charge in [0.1, 0.15) is 11.2 Å². The highest BCUT2D eigenvalue weighted by Gasteiger charge is 2.11. The van der Waals surface area contributed by atoms with Crippen LogP contribution in [0.4, 0.5) is 0 Å². The van der Waals surface area contributed by atoms with Crippen molar-refractivity contribution in [2.45, 2.75) is 0 Å². The minimum Gasteiger partial charge on any atom is -0.456 e. The van der Waals surface area contributed by atoms with Crippen molar-refractivity contribution in [3.8, 4) is 22.3 Å². The van der Waals surface area contributed by atoms with Crippen LogP contribution in [0.1, 0.15) is 0 Å². The second-order valence-corrected chi connectivity index (χ2v) is 9.74. The lowest BCUT2D eigenvalue weighted by atomic mass is 9.92. The van der Waals surface area contributed by atoms with Gasteiger partial charge in [0.05, 0.1) is 0 Å². The van der Waals surface area contributed by atoms with Crippen molar-refractivity contribution in [3.05, 3.63) is 133 Å². The average molecular weight is 471 g/mol. The first kappa shape index (κ1) is 20.3. The maximum atomic E-state index is 6.01. The van der Waals surface area contributed by atoms with E-state index >= 15 is 0 Å². The maximum absolute atomic E-state index is 6.01. The first-order chi connectivity index (χ1) is 18.3. The van der Waals surface area contributed by atoms with Gasteiger partial charge in [0.2, 0.25) is 0 Å². The Bertz CT molecular complexity index is 2090. The fraction of sp³-hybridized carbons (Fsp3) is 0. The van der Waals surface area contributed by atoms with Crippen molar-refractivity contribution in [1.29, 1.82) is 0 Å². The van der Waals surface area contributed by atoms with Crippen LogP contribution in [-0.2, 0) is 0 Å². The molecule has 0 aliphatic heterocycles. The van der Waals surface area contributed by atoms with Gasteiger partial charge in [0, 0.05) is 10.8 Å². The van der Waals surface area contributed by atoms with Crippen LogP contribution in [0.3, 0.4) is 0 Å². The van der Waals surface area contributed by atoms with E-state index in [0.717, 1.165) is 21.9 Å². The number of benzene rings is 7. The lowest BCUT2D eigenvalue weighted by Gasteiger charge is -2.12. The van der Waals surface area contributed by atoms with Gasteiger partial charge in [-0.15, -0.1) is 0 Å². The summed E-state index contributed by atoms with van der Waals surface area (Å²) >= 11 is 0. The summed E-state index contributed by atoms with van der Waals surface area (Å²) in [6, 6.07) is 48.0. The molecule has 0 saturated heterocycles. The van der Waals surface area contributed by atoms with Crippen LogP contribution < -0.4 is 0 Å².